The predicted molar refractivity (Wildman–Crippen MR) is 121 cm³/mol. The Morgan fingerprint density at radius 1 is 1.03 bits per heavy atom. The van der Waals surface area contributed by atoms with Gasteiger partial charge in [-0.3, -0.25) is 4.90 Å². The average Bonchev–Trinajstić information content (AvgIpc) is 3.27. The van der Waals surface area contributed by atoms with Crippen LogP contribution in [0.1, 0.15) is 22.3 Å². The van der Waals surface area contributed by atoms with Gasteiger partial charge in [0.1, 0.15) is 5.82 Å². The van der Waals surface area contributed by atoms with Crippen molar-refractivity contribution >= 4 is 33.6 Å². The standard InChI is InChI=1S/C22H22ClN5OS/c1-15-24-22-28(25-15)21(29)20(30-22)19(16-6-3-2-4-7-16)27-12-10-26(11-13-27)18-9-5-8-17(23)14-18/h2-9,14,19,29H,10-13H2,1H3/t19-/m0/s1. The van der Waals surface area contributed by atoms with Crippen molar-refractivity contribution in [3.63, 3.8) is 0 Å². The summed E-state index contributed by atoms with van der Waals surface area (Å²) in [6.45, 7) is 5.37. The number of fused-ring (bicyclic) bond motifs is 1. The van der Waals surface area contributed by atoms with Gasteiger partial charge < -0.3 is 10.0 Å². The number of hydrogen-bond donors (Lipinski definition) is 1. The van der Waals surface area contributed by atoms with Gasteiger partial charge in [0.25, 0.3) is 0 Å². The Balaban J connectivity index is 1.46. The number of halogens is 1. The summed E-state index contributed by atoms with van der Waals surface area (Å²) in [6.07, 6.45) is 0. The topological polar surface area (TPSA) is 56.9 Å². The molecule has 0 unspecified atom stereocenters. The maximum atomic E-state index is 10.9. The highest BCUT2D eigenvalue weighted by Gasteiger charge is 2.31. The van der Waals surface area contributed by atoms with Gasteiger partial charge in [-0.2, -0.15) is 4.52 Å². The van der Waals surface area contributed by atoms with E-state index in [-0.39, 0.29) is 11.9 Å². The van der Waals surface area contributed by atoms with E-state index in [1.807, 2.05) is 43.3 Å². The molecular formula is C22H22ClN5OS. The minimum Gasteiger partial charge on any atom is -0.492 e. The van der Waals surface area contributed by atoms with Crippen LogP contribution in [0.15, 0.2) is 54.6 Å². The average molecular weight is 440 g/mol. The molecule has 0 amide bonds. The van der Waals surface area contributed by atoms with E-state index < -0.39 is 0 Å². The second-order valence-corrected chi connectivity index (χ2v) is 8.90. The van der Waals surface area contributed by atoms with Gasteiger partial charge in [-0.15, -0.1) is 5.10 Å². The van der Waals surface area contributed by atoms with Crippen LogP contribution in [0.5, 0.6) is 5.88 Å². The van der Waals surface area contributed by atoms with Crippen molar-refractivity contribution < 1.29 is 5.11 Å². The maximum absolute atomic E-state index is 10.9. The van der Waals surface area contributed by atoms with Crippen LogP contribution in [0.4, 0.5) is 5.69 Å². The molecule has 0 aliphatic carbocycles. The number of rotatable bonds is 4. The molecule has 1 aliphatic rings. The number of thiazole rings is 1. The van der Waals surface area contributed by atoms with E-state index in [0.717, 1.165) is 52.3 Å². The number of aromatic hydroxyl groups is 1. The van der Waals surface area contributed by atoms with E-state index in [1.54, 1.807) is 4.52 Å². The molecule has 1 atom stereocenters. The van der Waals surface area contributed by atoms with Crippen molar-refractivity contribution in [3.8, 4) is 5.88 Å². The highest BCUT2D eigenvalue weighted by atomic mass is 35.5. The largest absolute Gasteiger partial charge is 0.492 e. The molecule has 2 aromatic heterocycles. The van der Waals surface area contributed by atoms with Crippen LogP contribution in [0.3, 0.4) is 0 Å². The van der Waals surface area contributed by atoms with Crippen molar-refractivity contribution in [3.05, 3.63) is 75.9 Å². The predicted octanol–water partition coefficient (Wildman–Crippen LogP) is 4.37. The van der Waals surface area contributed by atoms with E-state index >= 15 is 0 Å². The third kappa shape index (κ3) is 3.53. The van der Waals surface area contributed by atoms with Crippen molar-refractivity contribution in [1.82, 2.24) is 19.5 Å². The molecule has 154 valence electrons. The Kier molecular flexibility index (Phi) is 5.10. The fourth-order valence-corrected chi connectivity index (χ4v) is 5.45. The van der Waals surface area contributed by atoms with Gasteiger partial charge in [0, 0.05) is 36.9 Å². The number of hydrogen-bond acceptors (Lipinski definition) is 6. The Labute approximate surface area is 184 Å². The lowest BCUT2D eigenvalue weighted by Gasteiger charge is -2.40. The van der Waals surface area contributed by atoms with E-state index in [9.17, 15) is 5.11 Å². The molecule has 0 saturated carbocycles. The molecule has 1 saturated heterocycles. The monoisotopic (exact) mass is 439 g/mol. The van der Waals surface area contributed by atoms with Gasteiger partial charge in [0.2, 0.25) is 10.8 Å². The first-order valence-corrected chi connectivity index (χ1v) is 11.1. The highest BCUT2D eigenvalue weighted by molar-refractivity contribution is 7.17. The summed E-state index contributed by atoms with van der Waals surface area (Å²) in [5.41, 5.74) is 2.31. The molecule has 3 heterocycles. The molecule has 2 aromatic carbocycles. The molecule has 0 spiro atoms. The number of nitrogens with zero attached hydrogens (tertiary/aromatic N) is 5. The van der Waals surface area contributed by atoms with Gasteiger partial charge in [0.15, 0.2) is 0 Å². The number of benzene rings is 2. The van der Waals surface area contributed by atoms with Crippen LogP contribution in [-0.4, -0.2) is 50.8 Å². The number of piperazine rings is 1. The minimum absolute atomic E-state index is 0.0403. The molecular weight excluding hydrogens is 418 g/mol. The Morgan fingerprint density at radius 3 is 2.50 bits per heavy atom. The van der Waals surface area contributed by atoms with E-state index in [0.29, 0.717) is 5.82 Å². The van der Waals surface area contributed by atoms with Crippen LogP contribution in [0.25, 0.3) is 4.96 Å². The molecule has 0 radical (unpaired) electrons. The third-order valence-electron chi connectivity index (χ3n) is 5.52. The van der Waals surface area contributed by atoms with Crippen LogP contribution < -0.4 is 4.90 Å². The van der Waals surface area contributed by atoms with Crippen LogP contribution >= 0.6 is 22.9 Å². The molecule has 4 aromatic rings. The Hall–Kier alpha value is -2.61. The molecule has 0 bridgehead atoms. The fraction of sp³-hybridized carbons (Fsp3) is 0.273. The Morgan fingerprint density at radius 2 is 1.80 bits per heavy atom. The van der Waals surface area contributed by atoms with Crippen LogP contribution in [0, 0.1) is 6.92 Å². The molecule has 1 fully saturated rings. The summed E-state index contributed by atoms with van der Waals surface area (Å²) in [6, 6.07) is 18.3. The smallest absolute Gasteiger partial charge is 0.230 e. The first kappa shape index (κ1) is 19.4. The summed E-state index contributed by atoms with van der Waals surface area (Å²) in [5.74, 6) is 0.844. The molecule has 1 aliphatic heterocycles. The first-order chi connectivity index (χ1) is 14.6. The van der Waals surface area contributed by atoms with E-state index in [2.05, 4.69) is 38.1 Å². The maximum Gasteiger partial charge on any atom is 0.230 e. The van der Waals surface area contributed by atoms with Crippen LogP contribution in [0.2, 0.25) is 5.02 Å². The number of aromatic nitrogens is 3. The van der Waals surface area contributed by atoms with E-state index in [4.69, 9.17) is 11.6 Å². The van der Waals surface area contributed by atoms with Gasteiger partial charge in [-0.1, -0.05) is 59.3 Å². The summed E-state index contributed by atoms with van der Waals surface area (Å²) >= 11 is 7.69. The van der Waals surface area contributed by atoms with Crippen molar-refractivity contribution in [1.29, 1.82) is 0 Å². The quantitative estimate of drug-likeness (QED) is 0.511. The first-order valence-electron chi connectivity index (χ1n) is 9.94. The summed E-state index contributed by atoms with van der Waals surface area (Å²) in [5, 5.41) is 16.0. The molecule has 8 heteroatoms. The lowest BCUT2D eigenvalue weighted by atomic mass is 10.0. The molecule has 30 heavy (non-hydrogen) atoms. The molecule has 6 nitrogen and oxygen atoms in total. The third-order valence-corrected chi connectivity index (χ3v) is 6.83. The zero-order chi connectivity index (χ0) is 20.7. The van der Waals surface area contributed by atoms with Crippen molar-refractivity contribution in [2.45, 2.75) is 13.0 Å². The second kappa shape index (κ2) is 7.91. The number of anilines is 1. The zero-order valence-corrected chi connectivity index (χ0v) is 18.1. The zero-order valence-electron chi connectivity index (χ0n) is 16.6. The van der Waals surface area contributed by atoms with Gasteiger partial charge >= 0.3 is 0 Å². The number of aryl methyl sites for hydroxylation is 1. The summed E-state index contributed by atoms with van der Waals surface area (Å²) in [7, 11) is 0. The van der Waals surface area contributed by atoms with Gasteiger partial charge in [-0.05, 0) is 30.7 Å². The summed E-state index contributed by atoms with van der Waals surface area (Å²) in [4.78, 5) is 10.8. The van der Waals surface area contributed by atoms with Gasteiger partial charge in [-0.25, -0.2) is 4.98 Å². The molecule has 5 rings (SSSR count). The molecule has 1 N–H and O–H groups in total. The van der Waals surface area contributed by atoms with Gasteiger partial charge in [0.05, 0.1) is 10.9 Å². The van der Waals surface area contributed by atoms with Crippen LogP contribution in [-0.2, 0) is 0 Å². The second-order valence-electron chi connectivity index (χ2n) is 7.46. The minimum atomic E-state index is -0.0403. The van der Waals surface area contributed by atoms with E-state index in [1.165, 1.54) is 11.3 Å². The SMILES string of the molecule is Cc1nc2sc([C@H](c3ccccc3)N3CCN(c4cccc(Cl)c4)CC3)c(O)n2n1. The summed E-state index contributed by atoms with van der Waals surface area (Å²) < 4.78 is 1.55. The lowest BCUT2D eigenvalue weighted by Crippen LogP contribution is -2.47. The normalized spacial score (nSPS) is 16.3. The van der Waals surface area contributed by atoms with Crippen molar-refractivity contribution in [2.24, 2.45) is 0 Å². The fourth-order valence-electron chi connectivity index (χ4n) is 4.10. The lowest BCUT2D eigenvalue weighted by molar-refractivity contribution is 0.211. The highest BCUT2D eigenvalue weighted by Crippen LogP contribution is 2.40. The Bertz CT molecular complexity index is 1170. The van der Waals surface area contributed by atoms with Crippen molar-refractivity contribution in [2.75, 3.05) is 31.1 Å².